The van der Waals surface area contributed by atoms with Gasteiger partial charge in [-0.3, -0.25) is 14.4 Å². The molecule has 0 atom stereocenters. The first-order chi connectivity index (χ1) is 13.6. The number of ether oxygens (including phenoxy) is 1. The predicted molar refractivity (Wildman–Crippen MR) is 109 cm³/mol. The van der Waals surface area contributed by atoms with Gasteiger partial charge < -0.3 is 14.2 Å². The van der Waals surface area contributed by atoms with Gasteiger partial charge in [-0.15, -0.1) is 6.58 Å². The Kier molecular flexibility index (Phi) is 5.89. The first-order valence-corrected chi connectivity index (χ1v) is 9.11. The van der Waals surface area contributed by atoms with Crippen molar-refractivity contribution in [1.29, 1.82) is 0 Å². The quantitative estimate of drug-likeness (QED) is 0.360. The molecule has 6 heteroatoms. The molecule has 3 rings (SSSR count). The topological polar surface area (TPSA) is 68.6 Å². The van der Waals surface area contributed by atoms with Crippen LogP contribution in [0.5, 0.6) is 0 Å². The van der Waals surface area contributed by atoms with Crippen molar-refractivity contribution in [3.8, 4) is 0 Å². The Bertz CT molecular complexity index is 1040. The van der Waals surface area contributed by atoms with Gasteiger partial charge in [0, 0.05) is 17.3 Å². The fourth-order valence-corrected chi connectivity index (χ4v) is 3.26. The number of esters is 1. The van der Waals surface area contributed by atoms with Crippen molar-refractivity contribution >= 4 is 33.7 Å². The van der Waals surface area contributed by atoms with Crippen LogP contribution in [0, 0.1) is 0 Å². The summed E-state index contributed by atoms with van der Waals surface area (Å²) in [6, 6.07) is 14.4. The van der Waals surface area contributed by atoms with Crippen LogP contribution in [0.15, 0.2) is 66.0 Å². The average Bonchev–Trinajstić information content (AvgIpc) is 2.71. The Labute approximate surface area is 162 Å². The number of carbonyl (C=O) groups excluding carboxylic acids is 2. The van der Waals surface area contributed by atoms with Crippen molar-refractivity contribution in [2.24, 2.45) is 0 Å². The summed E-state index contributed by atoms with van der Waals surface area (Å²) in [4.78, 5) is 39.0. The maximum Gasteiger partial charge on any atom is 0.325 e. The molecule has 0 radical (unpaired) electrons. The third-order valence-electron chi connectivity index (χ3n) is 4.50. The number of benzene rings is 2. The first-order valence-electron chi connectivity index (χ1n) is 9.11. The fourth-order valence-electron chi connectivity index (χ4n) is 3.26. The molecule has 0 aliphatic heterocycles. The van der Waals surface area contributed by atoms with Crippen molar-refractivity contribution in [2.45, 2.75) is 13.5 Å². The van der Waals surface area contributed by atoms with E-state index in [1.807, 2.05) is 28.8 Å². The van der Waals surface area contributed by atoms with Crippen LogP contribution in [0.2, 0.25) is 0 Å². The molecule has 3 aromatic rings. The highest BCUT2D eigenvalue weighted by atomic mass is 16.5. The van der Waals surface area contributed by atoms with Crippen molar-refractivity contribution < 1.29 is 14.3 Å². The van der Waals surface area contributed by atoms with E-state index in [-0.39, 0.29) is 37.6 Å². The van der Waals surface area contributed by atoms with E-state index >= 15 is 0 Å². The van der Waals surface area contributed by atoms with Gasteiger partial charge in [0.25, 0.3) is 0 Å². The minimum atomic E-state index is -0.465. The molecule has 1 amide bonds. The first kappa shape index (κ1) is 19.4. The molecular formula is C22H22N2O4. The molecule has 0 N–H and O–H groups in total. The highest BCUT2D eigenvalue weighted by Crippen LogP contribution is 2.19. The summed E-state index contributed by atoms with van der Waals surface area (Å²) in [7, 11) is 0. The maximum absolute atomic E-state index is 13.0. The van der Waals surface area contributed by atoms with Gasteiger partial charge in [0.15, 0.2) is 5.43 Å². The molecule has 0 aliphatic rings. The average molecular weight is 378 g/mol. The van der Waals surface area contributed by atoms with Crippen LogP contribution in [0.3, 0.4) is 0 Å². The second kappa shape index (κ2) is 8.52. The van der Waals surface area contributed by atoms with Crippen molar-refractivity contribution in [3.63, 3.8) is 0 Å². The summed E-state index contributed by atoms with van der Waals surface area (Å²) < 4.78 is 6.78. The Balaban J connectivity index is 2.05. The molecule has 0 saturated carbocycles. The SMILES string of the molecule is C=CCN(CC(=O)OCC)C(=O)Cn1c2ccccc2c(=O)c2ccccc21. The minimum absolute atomic E-state index is 0.00541. The van der Waals surface area contributed by atoms with Crippen LogP contribution in [-0.2, 0) is 20.9 Å². The second-order valence-electron chi connectivity index (χ2n) is 6.32. The molecular weight excluding hydrogens is 356 g/mol. The van der Waals surface area contributed by atoms with E-state index in [2.05, 4.69) is 6.58 Å². The predicted octanol–water partition coefficient (Wildman–Crippen LogP) is 2.73. The largest absolute Gasteiger partial charge is 0.465 e. The maximum atomic E-state index is 13.0. The summed E-state index contributed by atoms with van der Waals surface area (Å²) in [5.41, 5.74) is 1.29. The Morgan fingerprint density at radius 3 is 2.18 bits per heavy atom. The number of carbonyl (C=O) groups is 2. The number of hydrogen-bond donors (Lipinski definition) is 0. The lowest BCUT2D eigenvalue weighted by molar-refractivity contribution is -0.148. The molecule has 1 heterocycles. The number of fused-ring (bicyclic) bond motifs is 2. The molecule has 0 bridgehead atoms. The lowest BCUT2D eigenvalue weighted by atomic mass is 10.1. The Morgan fingerprint density at radius 2 is 1.64 bits per heavy atom. The van der Waals surface area contributed by atoms with Gasteiger partial charge in [-0.05, 0) is 31.2 Å². The van der Waals surface area contributed by atoms with E-state index in [0.717, 1.165) is 0 Å². The molecule has 1 aromatic heterocycles. The van der Waals surface area contributed by atoms with Gasteiger partial charge in [0.1, 0.15) is 13.1 Å². The molecule has 0 fully saturated rings. The number of nitrogens with zero attached hydrogens (tertiary/aromatic N) is 2. The summed E-state index contributed by atoms with van der Waals surface area (Å²) in [6.07, 6.45) is 1.57. The van der Waals surface area contributed by atoms with Crippen LogP contribution < -0.4 is 5.43 Å². The van der Waals surface area contributed by atoms with E-state index < -0.39 is 5.97 Å². The van der Waals surface area contributed by atoms with Crippen LogP contribution >= 0.6 is 0 Å². The van der Waals surface area contributed by atoms with Gasteiger partial charge in [-0.25, -0.2) is 0 Å². The van der Waals surface area contributed by atoms with Crippen molar-refractivity contribution in [1.82, 2.24) is 9.47 Å². The molecule has 0 spiro atoms. The zero-order valence-electron chi connectivity index (χ0n) is 15.8. The van der Waals surface area contributed by atoms with Gasteiger partial charge in [0.05, 0.1) is 17.6 Å². The number of amides is 1. The van der Waals surface area contributed by atoms with Gasteiger partial charge in [-0.1, -0.05) is 30.3 Å². The smallest absolute Gasteiger partial charge is 0.325 e. The van der Waals surface area contributed by atoms with Gasteiger partial charge >= 0.3 is 5.97 Å². The normalized spacial score (nSPS) is 10.8. The third-order valence-corrected chi connectivity index (χ3v) is 4.50. The number of hydrogen-bond acceptors (Lipinski definition) is 4. The lowest BCUT2D eigenvalue weighted by Gasteiger charge is -2.22. The van der Waals surface area contributed by atoms with Gasteiger partial charge in [0.2, 0.25) is 5.91 Å². The zero-order chi connectivity index (χ0) is 20.1. The lowest BCUT2D eigenvalue weighted by Crippen LogP contribution is -2.38. The van der Waals surface area contributed by atoms with Crippen LogP contribution in [0.25, 0.3) is 21.8 Å². The van der Waals surface area contributed by atoms with Gasteiger partial charge in [-0.2, -0.15) is 0 Å². The van der Waals surface area contributed by atoms with Crippen molar-refractivity contribution in [3.05, 3.63) is 71.4 Å². The number of rotatable bonds is 7. The van der Waals surface area contributed by atoms with E-state index in [1.54, 1.807) is 37.3 Å². The molecule has 0 saturated heterocycles. The highest BCUT2D eigenvalue weighted by molar-refractivity contribution is 5.95. The van der Waals surface area contributed by atoms with E-state index in [1.165, 1.54) is 4.90 Å². The molecule has 2 aromatic carbocycles. The summed E-state index contributed by atoms with van der Waals surface area (Å²) in [6.45, 7) is 5.71. The standard InChI is InChI=1S/C22H22N2O4/c1-3-13-23(15-21(26)28-4-2)20(25)14-24-18-11-7-5-9-16(18)22(27)17-10-6-8-12-19(17)24/h3,5-12H,1,4,13-15H2,2H3. The van der Waals surface area contributed by atoms with E-state index in [0.29, 0.717) is 21.8 Å². The molecule has 0 unspecified atom stereocenters. The molecule has 144 valence electrons. The second-order valence-corrected chi connectivity index (χ2v) is 6.32. The van der Waals surface area contributed by atoms with Crippen LogP contribution in [-0.4, -0.2) is 41.0 Å². The number of pyridine rings is 1. The Morgan fingerprint density at radius 1 is 1.07 bits per heavy atom. The summed E-state index contributed by atoms with van der Waals surface area (Å²) >= 11 is 0. The van der Waals surface area contributed by atoms with Crippen LogP contribution in [0.4, 0.5) is 0 Å². The molecule has 28 heavy (non-hydrogen) atoms. The fraction of sp³-hybridized carbons (Fsp3) is 0.227. The third kappa shape index (κ3) is 3.81. The molecule has 6 nitrogen and oxygen atoms in total. The minimum Gasteiger partial charge on any atom is -0.465 e. The van der Waals surface area contributed by atoms with Crippen molar-refractivity contribution in [2.75, 3.05) is 19.7 Å². The number of aromatic nitrogens is 1. The van der Waals surface area contributed by atoms with E-state index in [9.17, 15) is 14.4 Å². The van der Waals surface area contributed by atoms with E-state index in [4.69, 9.17) is 4.74 Å². The highest BCUT2D eigenvalue weighted by Gasteiger charge is 2.19. The summed E-state index contributed by atoms with van der Waals surface area (Å²) in [5.74, 6) is -0.723. The van der Waals surface area contributed by atoms with Crippen LogP contribution in [0.1, 0.15) is 6.92 Å². The zero-order valence-corrected chi connectivity index (χ0v) is 15.8. The summed E-state index contributed by atoms with van der Waals surface area (Å²) in [5, 5.41) is 1.10. The number of para-hydroxylation sites is 2. The molecule has 0 aliphatic carbocycles. The monoisotopic (exact) mass is 378 g/mol. The Hall–Kier alpha value is -3.41.